The Labute approximate surface area is 163 Å². The number of anilines is 1. The van der Waals surface area contributed by atoms with Crippen LogP contribution in [0.1, 0.15) is 25.5 Å². The van der Waals surface area contributed by atoms with E-state index in [1.165, 1.54) is 0 Å². The molecule has 2 aromatic rings. The molecular weight excluding hydrogens is 362 g/mol. The fourth-order valence-electron chi connectivity index (χ4n) is 4.17. The first kappa shape index (κ1) is 19.0. The van der Waals surface area contributed by atoms with Gasteiger partial charge in [-0.3, -0.25) is 0 Å². The van der Waals surface area contributed by atoms with E-state index >= 15 is 0 Å². The Morgan fingerprint density at radius 3 is 2.75 bits per heavy atom. The molecule has 1 aromatic carbocycles. The molecule has 2 aliphatic rings. The molecule has 0 amide bonds. The number of nitriles is 1. The molecule has 2 atom stereocenters. The minimum atomic E-state index is -2.53. The van der Waals surface area contributed by atoms with Crippen molar-refractivity contribution in [3.05, 3.63) is 36.0 Å². The Bertz CT molecular complexity index is 888. The monoisotopic (exact) mass is 386 g/mol. The summed E-state index contributed by atoms with van der Waals surface area (Å²) in [5, 5.41) is 10.1. The van der Waals surface area contributed by atoms with Gasteiger partial charge in [-0.1, -0.05) is 6.07 Å². The topological polar surface area (TPSA) is 52.4 Å². The summed E-state index contributed by atoms with van der Waals surface area (Å²) in [7, 11) is 0. The van der Waals surface area contributed by atoms with Crippen molar-refractivity contribution in [2.75, 3.05) is 37.6 Å². The second-order valence-corrected chi connectivity index (χ2v) is 7.78. The number of benzene rings is 1. The van der Waals surface area contributed by atoms with Crippen molar-refractivity contribution in [2.45, 2.75) is 37.9 Å². The van der Waals surface area contributed by atoms with E-state index in [4.69, 9.17) is 10.00 Å². The Morgan fingerprint density at radius 2 is 2.00 bits per heavy atom. The van der Waals surface area contributed by atoms with Gasteiger partial charge in [0.25, 0.3) is 5.92 Å². The van der Waals surface area contributed by atoms with Crippen LogP contribution in [0.2, 0.25) is 0 Å². The summed E-state index contributed by atoms with van der Waals surface area (Å²) in [6.07, 6.45) is -0.131. The first-order valence-corrected chi connectivity index (χ1v) is 9.74. The van der Waals surface area contributed by atoms with E-state index in [-0.39, 0.29) is 25.0 Å². The number of halogens is 2. The zero-order valence-electron chi connectivity index (χ0n) is 15.9. The van der Waals surface area contributed by atoms with Crippen molar-refractivity contribution in [3.8, 4) is 6.07 Å². The number of hydrogen-bond donors (Lipinski definition) is 0. The molecule has 0 bridgehead atoms. The van der Waals surface area contributed by atoms with Crippen LogP contribution in [-0.2, 0) is 4.74 Å². The zero-order valence-corrected chi connectivity index (χ0v) is 15.9. The number of likely N-dealkylation sites (tertiary alicyclic amines) is 1. The number of aromatic nitrogens is 1. The first-order chi connectivity index (χ1) is 13.4. The summed E-state index contributed by atoms with van der Waals surface area (Å²) < 4.78 is 32.9. The lowest BCUT2D eigenvalue weighted by Crippen LogP contribution is -2.52. The first-order valence-electron chi connectivity index (χ1n) is 9.74. The number of morpholine rings is 1. The molecule has 0 spiro atoms. The van der Waals surface area contributed by atoms with Crippen molar-refractivity contribution in [2.24, 2.45) is 0 Å². The second-order valence-electron chi connectivity index (χ2n) is 7.78. The van der Waals surface area contributed by atoms with Crippen LogP contribution in [0.3, 0.4) is 0 Å². The van der Waals surface area contributed by atoms with E-state index in [0.29, 0.717) is 31.9 Å². The number of alkyl halides is 2. The summed E-state index contributed by atoms with van der Waals surface area (Å²) >= 11 is 0. The van der Waals surface area contributed by atoms with Gasteiger partial charge in [0.15, 0.2) is 0 Å². The van der Waals surface area contributed by atoms with Crippen LogP contribution < -0.4 is 4.90 Å². The van der Waals surface area contributed by atoms with Crippen LogP contribution in [0.15, 0.2) is 30.3 Å². The molecule has 5 nitrogen and oxygen atoms in total. The van der Waals surface area contributed by atoms with E-state index in [1.54, 1.807) is 6.07 Å². The summed E-state index contributed by atoms with van der Waals surface area (Å²) in [4.78, 5) is 8.77. The number of fused-ring (bicyclic) bond motifs is 1. The lowest BCUT2D eigenvalue weighted by atomic mass is 10.1. The van der Waals surface area contributed by atoms with Gasteiger partial charge < -0.3 is 14.5 Å². The number of ether oxygens (including phenoxy) is 1. The van der Waals surface area contributed by atoms with Crippen molar-refractivity contribution >= 4 is 16.6 Å². The van der Waals surface area contributed by atoms with Gasteiger partial charge in [0.2, 0.25) is 0 Å². The van der Waals surface area contributed by atoms with Gasteiger partial charge >= 0.3 is 0 Å². The van der Waals surface area contributed by atoms with Crippen LogP contribution in [0.4, 0.5) is 14.5 Å². The number of hydrogen-bond acceptors (Lipinski definition) is 5. The predicted molar refractivity (Wildman–Crippen MR) is 104 cm³/mol. The third-order valence-corrected chi connectivity index (χ3v) is 5.54. The third-order valence-electron chi connectivity index (χ3n) is 5.54. The average Bonchev–Trinajstić information content (AvgIpc) is 2.68. The van der Waals surface area contributed by atoms with E-state index in [2.05, 4.69) is 26.9 Å². The minimum absolute atomic E-state index is 0.0305. The molecule has 7 heteroatoms. The molecular formula is C21H24F2N4O. The standard InChI is InChI=1S/C21H24F2N4O/c1-15-12-27(14-17(28-15)13-26-9-7-21(22,23)8-10-26)20-4-2-3-19-18(20)6-5-16(11-24)25-19/h2-6,15,17H,7-10,12-14H2,1H3/t15-,17+/m1/s1. The average molecular weight is 386 g/mol. The fraction of sp³-hybridized carbons (Fsp3) is 0.524. The third kappa shape index (κ3) is 4.08. The Kier molecular flexibility index (Phi) is 5.17. The second kappa shape index (κ2) is 7.61. The Balaban J connectivity index is 1.51. The van der Waals surface area contributed by atoms with Crippen molar-refractivity contribution in [1.82, 2.24) is 9.88 Å². The zero-order chi connectivity index (χ0) is 19.7. The van der Waals surface area contributed by atoms with Gasteiger partial charge in [0, 0.05) is 56.6 Å². The van der Waals surface area contributed by atoms with Gasteiger partial charge in [-0.25, -0.2) is 13.8 Å². The van der Waals surface area contributed by atoms with Crippen molar-refractivity contribution in [3.63, 3.8) is 0 Å². The maximum Gasteiger partial charge on any atom is 0.250 e. The molecule has 0 saturated carbocycles. The molecule has 148 valence electrons. The SMILES string of the molecule is C[C@@H]1CN(c2cccc3nc(C#N)ccc23)C[C@H](CN2CCC(F)(F)CC2)O1. The molecule has 2 aliphatic heterocycles. The molecule has 2 fully saturated rings. The van der Waals surface area contributed by atoms with Crippen LogP contribution >= 0.6 is 0 Å². The summed E-state index contributed by atoms with van der Waals surface area (Å²) in [5.74, 6) is -2.53. The van der Waals surface area contributed by atoms with E-state index in [0.717, 1.165) is 23.1 Å². The smallest absolute Gasteiger partial charge is 0.250 e. The van der Waals surface area contributed by atoms with Crippen LogP contribution in [0.5, 0.6) is 0 Å². The normalized spacial score (nSPS) is 25.6. The minimum Gasteiger partial charge on any atom is -0.370 e. The Hall–Kier alpha value is -2.30. The molecule has 2 saturated heterocycles. The van der Waals surface area contributed by atoms with Crippen LogP contribution in [0.25, 0.3) is 10.9 Å². The van der Waals surface area contributed by atoms with Gasteiger partial charge in [0.05, 0.1) is 17.7 Å². The van der Waals surface area contributed by atoms with E-state index < -0.39 is 5.92 Å². The highest BCUT2D eigenvalue weighted by molar-refractivity contribution is 5.92. The molecule has 4 rings (SSSR count). The molecule has 28 heavy (non-hydrogen) atoms. The summed E-state index contributed by atoms with van der Waals surface area (Å²) in [5.41, 5.74) is 2.27. The molecule has 0 radical (unpaired) electrons. The largest absolute Gasteiger partial charge is 0.370 e. The molecule has 0 aliphatic carbocycles. The predicted octanol–water partition coefficient (Wildman–Crippen LogP) is 3.43. The van der Waals surface area contributed by atoms with Gasteiger partial charge in [-0.05, 0) is 31.2 Å². The highest BCUT2D eigenvalue weighted by Crippen LogP contribution is 2.30. The van der Waals surface area contributed by atoms with Crippen molar-refractivity contribution < 1.29 is 13.5 Å². The summed E-state index contributed by atoms with van der Waals surface area (Å²) in [6, 6.07) is 11.7. The highest BCUT2D eigenvalue weighted by Gasteiger charge is 2.35. The number of rotatable bonds is 3. The quantitative estimate of drug-likeness (QED) is 0.809. The van der Waals surface area contributed by atoms with Crippen LogP contribution in [-0.4, -0.2) is 60.7 Å². The number of piperidine rings is 1. The van der Waals surface area contributed by atoms with E-state index in [9.17, 15) is 8.78 Å². The lowest BCUT2D eigenvalue weighted by Gasteiger charge is -2.41. The lowest BCUT2D eigenvalue weighted by molar-refractivity contribution is -0.0761. The number of pyridine rings is 1. The molecule has 0 N–H and O–H groups in total. The Morgan fingerprint density at radius 1 is 1.21 bits per heavy atom. The van der Waals surface area contributed by atoms with Gasteiger partial charge in [-0.2, -0.15) is 5.26 Å². The van der Waals surface area contributed by atoms with Crippen LogP contribution in [0, 0.1) is 11.3 Å². The molecule has 3 heterocycles. The van der Waals surface area contributed by atoms with Crippen molar-refractivity contribution in [1.29, 1.82) is 5.26 Å². The maximum atomic E-state index is 13.4. The molecule has 1 aromatic heterocycles. The fourth-order valence-corrected chi connectivity index (χ4v) is 4.17. The van der Waals surface area contributed by atoms with E-state index in [1.807, 2.05) is 25.1 Å². The number of nitrogens with zero attached hydrogens (tertiary/aromatic N) is 4. The molecule has 0 unspecified atom stereocenters. The highest BCUT2D eigenvalue weighted by atomic mass is 19.3. The summed E-state index contributed by atoms with van der Waals surface area (Å²) in [6.45, 7) is 5.00. The van der Waals surface area contributed by atoms with Gasteiger partial charge in [0.1, 0.15) is 11.8 Å². The van der Waals surface area contributed by atoms with Gasteiger partial charge in [-0.15, -0.1) is 0 Å². The maximum absolute atomic E-state index is 13.4.